The van der Waals surface area contributed by atoms with Gasteiger partial charge in [0, 0.05) is 13.1 Å². The first-order valence-corrected chi connectivity index (χ1v) is 7.80. The molecule has 118 valence electrons. The first kappa shape index (κ1) is 17.7. The van der Waals surface area contributed by atoms with Gasteiger partial charge < -0.3 is 11.1 Å². The van der Waals surface area contributed by atoms with Crippen molar-refractivity contribution >= 4 is 5.91 Å². The Hall–Kier alpha value is -1.39. The van der Waals surface area contributed by atoms with E-state index in [2.05, 4.69) is 43.1 Å². The fourth-order valence-electron chi connectivity index (χ4n) is 2.71. The summed E-state index contributed by atoms with van der Waals surface area (Å²) in [6, 6.07) is 8.41. The van der Waals surface area contributed by atoms with Gasteiger partial charge in [-0.2, -0.15) is 0 Å². The standard InChI is InChI=1S/C17H29N3O/c1-5-11-20(12-16(21)19-4)17(15(18)6-2)14-10-8-7-9-13(14)3/h7-10,15,17H,5-6,11-12,18H2,1-4H3,(H,19,21). The highest BCUT2D eigenvalue weighted by atomic mass is 16.1. The number of nitrogens with one attached hydrogen (secondary N) is 1. The Kier molecular flexibility index (Phi) is 7.40. The van der Waals surface area contributed by atoms with Crippen molar-refractivity contribution in [3.8, 4) is 0 Å². The molecule has 0 spiro atoms. The number of carbonyl (C=O) groups excluding carboxylic acids is 1. The molecule has 1 aromatic rings. The van der Waals surface area contributed by atoms with E-state index in [0.717, 1.165) is 19.4 Å². The van der Waals surface area contributed by atoms with Crippen LogP contribution in [0.4, 0.5) is 0 Å². The van der Waals surface area contributed by atoms with Crippen molar-refractivity contribution in [2.24, 2.45) is 5.73 Å². The zero-order chi connectivity index (χ0) is 15.8. The molecule has 0 fully saturated rings. The highest BCUT2D eigenvalue weighted by molar-refractivity contribution is 5.77. The molecular formula is C17H29N3O. The number of amides is 1. The summed E-state index contributed by atoms with van der Waals surface area (Å²) in [6.45, 7) is 7.58. The van der Waals surface area contributed by atoms with Crippen LogP contribution >= 0.6 is 0 Å². The monoisotopic (exact) mass is 291 g/mol. The van der Waals surface area contributed by atoms with E-state index in [1.54, 1.807) is 7.05 Å². The van der Waals surface area contributed by atoms with Gasteiger partial charge in [-0.05, 0) is 37.4 Å². The van der Waals surface area contributed by atoms with E-state index in [1.165, 1.54) is 11.1 Å². The van der Waals surface area contributed by atoms with Gasteiger partial charge in [0.2, 0.25) is 5.91 Å². The van der Waals surface area contributed by atoms with Gasteiger partial charge in [-0.25, -0.2) is 0 Å². The van der Waals surface area contributed by atoms with Gasteiger partial charge in [-0.3, -0.25) is 9.69 Å². The second-order valence-electron chi connectivity index (χ2n) is 5.52. The largest absolute Gasteiger partial charge is 0.358 e. The van der Waals surface area contributed by atoms with Gasteiger partial charge in [0.05, 0.1) is 12.6 Å². The van der Waals surface area contributed by atoms with Gasteiger partial charge in [0.1, 0.15) is 0 Å². The molecule has 3 N–H and O–H groups in total. The molecule has 21 heavy (non-hydrogen) atoms. The van der Waals surface area contributed by atoms with Crippen LogP contribution in [0.25, 0.3) is 0 Å². The highest BCUT2D eigenvalue weighted by Gasteiger charge is 2.27. The summed E-state index contributed by atoms with van der Waals surface area (Å²) in [6.07, 6.45) is 1.88. The van der Waals surface area contributed by atoms with Crippen molar-refractivity contribution in [1.82, 2.24) is 10.2 Å². The Morgan fingerprint density at radius 2 is 2.00 bits per heavy atom. The molecule has 0 saturated heterocycles. The molecule has 1 rings (SSSR count). The summed E-state index contributed by atoms with van der Waals surface area (Å²) < 4.78 is 0. The van der Waals surface area contributed by atoms with E-state index in [4.69, 9.17) is 5.73 Å². The molecule has 0 aliphatic heterocycles. The maximum absolute atomic E-state index is 11.8. The summed E-state index contributed by atoms with van der Waals surface area (Å²) in [5.41, 5.74) is 8.85. The Morgan fingerprint density at radius 1 is 1.33 bits per heavy atom. The molecule has 1 amide bonds. The van der Waals surface area contributed by atoms with Gasteiger partial charge in [0.25, 0.3) is 0 Å². The lowest BCUT2D eigenvalue weighted by atomic mass is 9.92. The molecule has 1 aromatic carbocycles. The van der Waals surface area contributed by atoms with Crippen molar-refractivity contribution in [3.05, 3.63) is 35.4 Å². The number of likely N-dealkylation sites (N-methyl/N-ethyl adjacent to an activating group) is 1. The average molecular weight is 291 g/mol. The Labute approximate surface area is 128 Å². The van der Waals surface area contributed by atoms with E-state index in [0.29, 0.717) is 6.54 Å². The maximum Gasteiger partial charge on any atom is 0.233 e. The summed E-state index contributed by atoms with van der Waals surface area (Å²) in [5, 5.41) is 2.71. The lowest BCUT2D eigenvalue weighted by molar-refractivity contribution is -0.122. The Bertz CT molecular complexity index is 447. The minimum absolute atomic E-state index is 0.0160. The van der Waals surface area contributed by atoms with Crippen LogP contribution in [-0.4, -0.2) is 37.0 Å². The van der Waals surface area contributed by atoms with E-state index in [-0.39, 0.29) is 18.0 Å². The number of carbonyl (C=O) groups is 1. The molecule has 0 bridgehead atoms. The topological polar surface area (TPSA) is 58.4 Å². The summed E-state index contributed by atoms with van der Waals surface area (Å²) >= 11 is 0. The number of hydrogen-bond donors (Lipinski definition) is 2. The fourth-order valence-corrected chi connectivity index (χ4v) is 2.71. The Balaban J connectivity index is 3.14. The number of rotatable bonds is 8. The number of aryl methyl sites for hydroxylation is 1. The third kappa shape index (κ3) is 4.83. The van der Waals surface area contributed by atoms with Crippen LogP contribution in [0.1, 0.15) is 43.9 Å². The fraction of sp³-hybridized carbons (Fsp3) is 0.588. The first-order valence-electron chi connectivity index (χ1n) is 7.80. The lowest BCUT2D eigenvalue weighted by Gasteiger charge is -2.36. The molecule has 0 aromatic heterocycles. The zero-order valence-corrected chi connectivity index (χ0v) is 13.7. The molecule has 2 atom stereocenters. The van der Waals surface area contributed by atoms with Crippen LogP contribution in [0.3, 0.4) is 0 Å². The predicted octanol–water partition coefficient (Wildman–Crippen LogP) is 2.23. The van der Waals surface area contributed by atoms with E-state index in [1.807, 2.05) is 12.1 Å². The summed E-state index contributed by atoms with van der Waals surface area (Å²) in [7, 11) is 1.68. The maximum atomic E-state index is 11.8. The molecule has 0 aliphatic rings. The number of hydrogen-bond acceptors (Lipinski definition) is 3. The van der Waals surface area contributed by atoms with Gasteiger partial charge in [-0.1, -0.05) is 38.1 Å². The zero-order valence-electron chi connectivity index (χ0n) is 13.7. The predicted molar refractivity (Wildman–Crippen MR) is 88.1 cm³/mol. The van der Waals surface area contributed by atoms with Crippen LogP contribution < -0.4 is 11.1 Å². The van der Waals surface area contributed by atoms with Gasteiger partial charge >= 0.3 is 0 Å². The van der Waals surface area contributed by atoms with Crippen LogP contribution in [0.15, 0.2) is 24.3 Å². The van der Waals surface area contributed by atoms with Crippen LogP contribution in [0, 0.1) is 6.92 Å². The second kappa shape index (κ2) is 8.80. The molecule has 0 saturated carbocycles. The van der Waals surface area contributed by atoms with E-state index >= 15 is 0 Å². The molecule has 0 heterocycles. The summed E-state index contributed by atoms with van der Waals surface area (Å²) in [5.74, 6) is 0.0327. The minimum Gasteiger partial charge on any atom is -0.358 e. The third-order valence-electron chi connectivity index (χ3n) is 3.91. The smallest absolute Gasteiger partial charge is 0.233 e. The average Bonchev–Trinajstić information content (AvgIpc) is 2.49. The van der Waals surface area contributed by atoms with Crippen LogP contribution in [0.5, 0.6) is 0 Å². The minimum atomic E-state index is 0.0160. The molecule has 0 radical (unpaired) electrons. The van der Waals surface area contributed by atoms with Crippen molar-refractivity contribution in [2.75, 3.05) is 20.1 Å². The van der Waals surface area contributed by atoms with Crippen molar-refractivity contribution in [1.29, 1.82) is 0 Å². The van der Waals surface area contributed by atoms with Crippen molar-refractivity contribution in [2.45, 2.75) is 45.7 Å². The summed E-state index contributed by atoms with van der Waals surface area (Å²) in [4.78, 5) is 14.0. The molecule has 2 unspecified atom stereocenters. The Morgan fingerprint density at radius 3 is 2.52 bits per heavy atom. The highest BCUT2D eigenvalue weighted by Crippen LogP contribution is 2.27. The number of benzene rings is 1. The van der Waals surface area contributed by atoms with Crippen molar-refractivity contribution < 1.29 is 4.79 Å². The van der Waals surface area contributed by atoms with Gasteiger partial charge in [-0.15, -0.1) is 0 Å². The molecule has 0 aliphatic carbocycles. The van der Waals surface area contributed by atoms with Crippen LogP contribution in [-0.2, 0) is 4.79 Å². The molecular weight excluding hydrogens is 262 g/mol. The molecule has 4 heteroatoms. The number of nitrogens with two attached hydrogens (primary N) is 1. The van der Waals surface area contributed by atoms with E-state index < -0.39 is 0 Å². The molecule has 4 nitrogen and oxygen atoms in total. The lowest BCUT2D eigenvalue weighted by Crippen LogP contribution is -2.45. The normalized spacial score (nSPS) is 14.0. The second-order valence-corrected chi connectivity index (χ2v) is 5.52. The first-order chi connectivity index (χ1) is 10.0. The van der Waals surface area contributed by atoms with Crippen molar-refractivity contribution in [3.63, 3.8) is 0 Å². The number of nitrogens with zero attached hydrogens (tertiary/aromatic N) is 1. The van der Waals surface area contributed by atoms with E-state index in [9.17, 15) is 4.79 Å². The third-order valence-corrected chi connectivity index (χ3v) is 3.91. The quantitative estimate of drug-likeness (QED) is 0.772. The SMILES string of the molecule is CCCN(CC(=O)NC)C(c1ccccc1C)C(N)CC. The van der Waals surface area contributed by atoms with Crippen LogP contribution in [0.2, 0.25) is 0 Å². The van der Waals surface area contributed by atoms with Gasteiger partial charge in [0.15, 0.2) is 0 Å².